The second kappa shape index (κ2) is 4.80. The Morgan fingerprint density at radius 3 is 3.14 bits per heavy atom. The Bertz CT molecular complexity index is 295. The standard InChI is InChI=1S/C11H13BrO2/c12-9-3-1-4-10(7-9)14-8-11-5-2-6-13-11/h1,3-4,7,11H,2,5-6,8H2/t11-/m0/s1. The maximum Gasteiger partial charge on any atom is 0.120 e. The van der Waals surface area contributed by atoms with Crippen LogP contribution < -0.4 is 4.74 Å². The average molecular weight is 257 g/mol. The number of hydrogen-bond donors (Lipinski definition) is 0. The Kier molecular flexibility index (Phi) is 3.43. The van der Waals surface area contributed by atoms with Gasteiger partial charge in [-0.1, -0.05) is 22.0 Å². The first-order valence-electron chi connectivity index (χ1n) is 4.84. The minimum atomic E-state index is 0.286. The highest BCUT2D eigenvalue weighted by molar-refractivity contribution is 9.10. The predicted molar refractivity (Wildman–Crippen MR) is 58.6 cm³/mol. The van der Waals surface area contributed by atoms with Gasteiger partial charge in [-0.2, -0.15) is 0 Å². The maximum atomic E-state index is 5.62. The van der Waals surface area contributed by atoms with E-state index in [1.165, 1.54) is 0 Å². The zero-order valence-corrected chi connectivity index (χ0v) is 9.50. The van der Waals surface area contributed by atoms with E-state index in [9.17, 15) is 0 Å². The van der Waals surface area contributed by atoms with E-state index in [2.05, 4.69) is 15.9 Å². The summed E-state index contributed by atoms with van der Waals surface area (Å²) >= 11 is 3.40. The molecular formula is C11H13BrO2. The van der Waals surface area contributed by atoms with Gasteiger partial charge in [0.25, 0.3) is 0 Å². The summed E-state index contributed by atoms with van der Waals surface area (Å²) in [5.74, 6) is 0.898. The summed E-state index contributed by atoms with van der Waals surface area (Å²) in [6, 6.07) is 7.88. The van der Waals surface area contributed by atoms with Gasteiger partial charge in [0.2, 0.25) is 0 Å². The number of rotatable bonds is 3. The van der Waals surface area contributed by atoms with Crippen molar-refractivity contribution in [2.75, 3.05) is 13.2 Å². The molecule has 1 aromatic rings. The lowest BCUT2D eigenvalue weighted by Gasteiger charge is -2.11. The van der Waals surface area contributed by atoms with E-state index >= 15 is 0 Å². The summed E-state index contributed by atoms with van der Waals surface area (Å²) < 4.78 is 12.1. The molecule has 1 atom stereocenters. The van der Waals surface area contributed by atoms with Crippen LogP contribution >= 0.6 is 15.9 Å². The lowest BCUT2D eigenvalue weighted by atomic mass is 10.2. The van der Waals surface area contributed by atoms with E-state index in [0.29, 0.717) is 6.61 Å². The monoisotopic (exact) mass is 256 g/mol. The van der Waals surface area contributed by atoms with Crippen molar-refractivity contribution in [1.82, 2.24) is 0 Å². The second-order valence-electron chi connectivity index (χ2n) is 3.40. The molecule has 14 heavy (non-hydrogen) atoms. The number of halogens is 1. The Labute approximate surface area is 92.3 Å². The van der Waals surface area contributed by atoms with Crippen molar-refractivity contribution < 1.29 is 9.47 Å². The van der Waals surface area contributed by atoms with Crippen LogP contribution in [0.5, 0.6) is 5.75 Å². The van der Waals surface area contributed by atoms with Crippen LogP contribution in [0, 0.1) is 0 Å². The molecule has 2 nitrogen and oxygen atoms in total. The number of benzene rings is 1. The normalized spacial score (nSPS) is 21.1. The molecule has 0 amide bonds. The van der Waals surface area contributed by atoms with E-state index < -0.39 is 0 Å². The molecule has 1 aromatic carbocycles. The first-order chi connectivity index (χ1) is 6.84. The molecule has 0 spiro atoms. The fourth-order valence-corrected chi connectivity index (χ4v) is 1.90. The van der Waals surface area contributed by atoms with Gasteiger partial charge < -0.3 is 9.47 Å². The molecule has 76 valence electrons. The van der Waals surface area contributed by atoms with Crippen molar-refractivity contribution in [2.24, 2.45) is 0 Å². The lowest BCUT2D eigenvalue weighted by Crippen LogP contribution is -2.16. The fourth-order valence-electron chi connectivity index (χ4n) is 1.52. The number of hydrogen-bond acceptors (Lipinski definition) is 2. The number of ether oxygens (including phenoxy) is 2. The summed E-state index contributed by atoms with van der Waals surface area (Å²) in [6.45, 7) is 1.54. The molecule has 0 saturated carbocycles. The highest BCUT2D eigenvalue weighted by Crippen LogP contribution is 2.19. The topological polar surface area (TPSA) is 18.5 Å². The van der Waals surface area contributed by atoms with Crippen LogP contribution in [0.1, 0.15) is 12.8 Å². The first kappa shape index (κ1) is 9.99. The van der Waals surface area contributed by atoms with Gasteiger partial charge in [-0.25, -0.2) is 0 Å². The largest absolute Gasteiger partial charge is 0.491 e. The Hall–Kier alpha value is -0.540. The van der Waals surface area contributed by atoms with Gasteiger partial charge in [0.05, 0.1) is 6.10 Å². The average Bonchev–Trinajstić information content (AvgIpc) is 2.67. The quantitative estimate of drug-likeness (QED) is 0.828. The van der Waals surface area contributed by atoms with Crippen molar-refractivity contribution >= 4 is 15.9 Å². The summed E-state index contributed by atoms with van der Waals surface area (Å²) in [5.41, 5.74) is 0. The molecule has 1 aliphatic rings. The minimum absolute atomic E-state index is 0.286. The van der Waals surface area contributed by atoms with Gasteiger partial charge in [0.1, 0.15) is 12.4 Å². The van der Waals surface area contributed by atoms with E-state index in [4.69, 9.17) is 9.47 Å². The van der Waals surface area contributed by atoms with Crippen LogP contribution in [0.25, 0.3) is 0 Å². The third-order valence-corrected chi connectivity index (χ3v) is 2.75. The third kappa shape index (κ3) is 2.72. The van der Waals surface area contributed by atoms with Gasteiger partial charge in [-0.05, 0) is 31.0 Å². The summed E-state index contributed by atoms with van der Waals surface area (Å²) in [5, 5.41) is 0. The first-order valence-corrected chi connectivity index (χ1v) is 5.64. The lowest BCUT2D eigenvalue weighted by molar-refractivity contribution is 0.0679. The Morgan fingerprint density at radius 1 is 1.50 bits per heavy atom. The van der Waals surface area contributed by atoms with Crippen molar-refractivity contribution in [1.29, 1.82) is 0 Å². The Balaban J connectivity index is 1.85. The molecule has 0 radical (unpaired) electrons. The smallest absolute Gasteiger partial charge is 0.120 e. The molecule has 0 bridgehead atoms. The van der Waals surface area contributed by atoms with Gasteiger partial charge in [-0.3, -0.25) is 0 Å². The van der Waals surface area contributed by atoms with Crippen LogP contribution in [-0.2, 0) is 4.74 Å². The van der Waals surface area contributed by atoms with Crippen LogP contribution in [0.4, 0.5) is 0 Å². The SMILES string of the molecule is Brc1cccc(OC[C@@H]2CCCO2)c1. The third-order valence-electron chi connectivity index (χ3n) is 2.26. The highest BCUT2D eigenvalue weighted by Gasteiger charge is 2.15. The molecule has 0 unspecified atom stereocenters. The molecule has 1 heterocycles. The van der Waals surface area contributed by atoms with E-state index in [1.54, 1.807) is 0 Å². The summed E-state index contributed by atoms with van der Waals surface area (Å²) in [6.07, 6.45) is 2.56. The van der Waals surface area contributed by atoms with Crippen LogP contribution in [0.3, 0.4) is 0 Å². The minimum Gasteiger partial charge on any atom is -0.491 e. The van der Waals surface area contributed by atoms with Crippen molar-refractivity contribution in [3.05, 3.63) is 28.7 Å². The van der Waals surface area contributed by atoms with Crippen molar-refractivity contribution in [2.45, 2.75) is 18.9 Å². The molecule has 1 saturated heterocycles. The van der Waals surface area contributed by atoms with E-state index in [-0.39, 0.29) is 6.10 Å². The van der Waals surface area contributed by atoms with Gasteiger partial charge in [-0.15, -0.1) is 0 Å². The zero-order chi connectivity index (χ0) is 9.80. The van der Waals surface area contributed by atoms with Crippen LogP contribution in [0.15, 0.2) is 28.7 Å². The van der Waals surface area contributed by atoms with Gasteiger partial charge in [0, 0.05) is 11.1 Å². The Morgan fingerprint density at radius 2 is 2.43 bits per heavy atom. The molecule has 0 aromatic heterocycles. The molecule has 2 rings (SSSR count). The molecule has 0 N–H and O–H groups in total. The van der Waals surface area contributed by atoms with Crippen molar-refractivity contribution in [3.63, 3.8) is 0 Å². The van der Waals surface area contributed by atoms with Gasteiger partial charge >= 0.3 is 0 Å². The molecular weight excluding hydrogens is 244 g/mol. The highest BCUT2D eigenvalue weighted by atomic mass is 79.9. The predicted octanol–water partition coefficient (Wildman–Crippen LogP) is 3.01. The molecule has 3 heteroatoms. The van der Waals surface area contributed by atoms with Crippen LogP contribution in [0.2, 0.25) is 0 Å². The fraction of sp³-hybridized carbons (Fsp3) is 0.455. The second-order valence-corrected chi connectivity index (χ2v) is 4.32. The maximum absolute atomic E-state index is 5.62. The van der Waals surface area contributed by atoms with Crippen LogP contribution in [-0.4, -0.2) is 19.3 Å². The summed E-state index contributed by atoms with van der Waals surface area (Å²) in [4.78, 5) is 0. The molecule has 1 aliphatic heterocycles. The summed E-state index contributed by atoms with van der Waals surface area (Å²) in [7, 11) is 0. The van der Waals surface area contributed by atoms with Crippen molar-refractivity contribution in [3.8, 4) is 5.75 Å². The van der Waals surface area contributed by atoms with E-state index in [0.717, 1.165) is 29.7 Å². The van der Waals surface area contributed by atoms with Gasteiger partial charge in [0.15, 0.2) is 0 Å². The zero-order valence-electron chi connectivity index (χ0n) is 7.91. The molecule has 0 aliphatic carbocycles. The molecule has 1 fully saturated rings. The van der Waals surface area contributed by atoms with E-state index in [1.807, 2.05) is 24.3 Å².